The molecule has 1 heterocycles. The zero-order chi connectivity index (χ0) is 15.1. The summed E-state index contributed by atoms with van der Waals surface area (Å²) in [6, 6.07) is 8.03. The van der Waals surface area contributed by atoms with Crippen LogP contribution < -0.4 is 4.74 Å². The van der Waals surface area contributed by atoms with Crippen LogP contribution in [0.2, 0.25) is 0 Å². The molecule has 0 fully saturated rings. The van der Waals surface area contributed by atoms with E-state index in [1.807, 2.05) is 24.3 Å². The highest BCUT2D eigenvalue weighted by molar-refractivity contribution is 7.09. The van der Waals surface area contributed by atoms with Crippen LogP contribution >= 0.6 is 11.3 Å². The molecular weight excluding hydrogens is 284 g/mol. The number of rotatable bonds is 8. The molecule has 0 unspecified atom stereocenters. The van der Waals surface area contributed by atoms with Crippen molar-refractivity contribution in [3.63, 3.8) is 0 Å². The van der Waals surface area contributed by atoms with Gasteiger partial charge in [-0.3, -0.25) is 4.90 Å². The van der Waals surface area contributed by atoms with Crippen LogP contribution in [0.25, 0.3) is 0 Å². The van der Waals surface area contributed by atoms with Crippen molar-refractivity contribution in [1.82, 2.24) is 9.88 Å². The number of aryl methyl sites for hydroxylation is 1. The minimum absolute atomic E-state index is 0.182. The predicted molar refractivity (Wildman–Crippen MR) is 85.7 cm³/mol. The molecule has 0 saturated heterocycles. The Balaban J connectivity index is 1.86. The Morgan fingerprint density at radius 1 is 1.29 bits per heavy atom. The fraction of sp³-hybridized carbons (Fsp3) is 0.438. The summed E-state index contributed by atoms with van der Waals surface area (Å²) in [6.07, 6.45) is 0. The van der Waals surface area contributed by atoms with Crippen LogP contribution in [0.1, 0.15) is 23.2 Å². The number of thiazole rings is 1. The molecular formula is C16H22N2O2S. The van der Waals surface area contributed by atoms with Gasteiger partial charge in [-0.15, -0.1) is 11.3 Å². The van der Waals surface area contributed by atoms with Gasteiger partial charge in [-0.05, 0) is 25.6 Å². The molecule has 0 bridgehead atoms. The summed E-state index contributed by atoms with van der Waals surface area (Å²) in [6.45, 7) is 7.20. The Morgan fingerprint density at radius 3 is 2.71 bits per heavy atom. The fourth-order valence-electron chi connectivity index (χ4n) is 1.99. The van der Waals surface area contributed by atoms with Crippen molar-refractivity contribution in [3.8, 4) is 5.75 Å². The lowest BCUT2D eigenvalue weighted by molar-refractivity contribution is 0.195. The number of aromatic nitrogens is 1. The van der Waals surface area contributed by atoms with E-state index in [9.17, 15) is 0 Å². The highest BCUT2D eigenvalue weighted by Gasteiger charge is 2.07. The molecule has 21 heavy (non-hydrogen) atoms. The monoisotopic (exact) mass is 306 g/mol. The quantitative estimate of drug-likeness (QED) is 0.814. The summed E-state index contributed by atoms with van der Waals surface area (Å²) < 4.78 is 5.73. The number of aliphatic hydroxyl groups excluding tert-OH is 1. The maximum atomic E-state index is 9.00. The molecule has 0 amide bonds. The van der Waals surface area contributed by atoms with Crippen molar-refractivity contribution in [3.05, 3.63) is 45.9 Å². The third kappa shape index (κ3) is 5.12. The number of hydrogen-bond donors (Lipinski definition) is 1. The molecule has 2 aromatic rings. The van der Waals surface area contributed by atoms with Gasteiger partial charge in [0.1, 0.15) is 17.4 Å². The van der Waals surface area contributed by atoms with Gasteiger partial charge < -0.3 is 9.84 Å². The first-order valence-electron chi connectivity index (χ1n) is 7.17. The second kappa shape index (κ2) is 8.12. The van der Waals surface area contributed by atoms with Gasteiger partial charge in [0.05, 0.1) is 12.3 Å². The maximum Gasteiger partial charge on any atom is 0.140 e. The van der Waals surface area contributed by atoms with E-state index in [1.165, 1.54) is 5.56 Å². The van der Waals surface area contributed by atoms with E-state index in [2.05, 4.69) is 29.1 Å². The summed E-state index contributed by atoms with van der Waals surface area (Å²) in [5, 5.41) is 12.0. The van der Waals surface area contributed by atoms with Gasteiger partial charge in [0.15, 0.2) is 0 Å². The van der Waals surface area contributed by atoms with Crippen molar-refractivity contribution in [2.75, 3.05) is 19.7 Å². The van der Waals surface area contributed by atoms with Gasteiger partial charge in [-0.25, -0.2) is 4.98 Å². The largest absolute Gasteiger partial charge is 0.486 e. The van der Waals surface area contributed by atoms with Crippen LogP contribution in [0.3, 0.4) is 0 Å². The SMILES string of the molecule is CCN(CCO)Cc1csc(COc2ccc(C)cc2)n1. The van der Waals surface area contributed by atoms with E-state index < -0.39 is 0 Å². The van der Waals surface area contributed by atoms with E-state index in [1.54, 1.807) is 11.3 Å². The molecule has 5 heteroatoms. The lowest BCUT2D eigenvalue weighted by Gasteiger charge is -2.17. The summed E-state index contributed by atoms with van der Waals surface area (Å²) in [5.41, 5.74) is 2.26. The smallest absolute Gasteiger partial charge is 0.140 e. The zero-order valence-corrected chi connectivity index (χ0v) is 13.4. The third-order valence-corrected chi connectivity index (χ3v) is 4.10. The fourth-order valence-corrected chi connectivity index (χ4v) is 2.68. The van der Waals surface area contributed by atoms with E-state index in [0.29, 0.717) is 13.2 Å². The van der Waals surface area contributed by atoms with Gasteiger partial charge in [-0.1, -0.05) is 24.6 Å². The Morgan fingerprint density at radius 2 is 2.05 bits per heavy atom. The number of nitrogens with zero attached hydrogens (tertiary/aromatic N) is 2. The predicted octanol–water partition coefficient (Wildman–Crippen LogP) is 2.84. The van der Waals surface area contributed by atoms with Gasteiger partial charge in [-0.2, -0.15) is 0 Å². The normalized spacial score (nSPS) is 11.0. The molecule has 0 spiro atoms. The average molecular weight is 306 g/mol. The topological polar surface area (TPSA) is 45.6 Å². The molecule has 114 valence electrons. The average Bonchev–Trinajstić information content (AvgIpc) is 2.94. The van der Waals surface area contributed by atoms with Crippen LogP contribution in [0.5, 0.6) is 5.75 Å². The summed E-state index contributed by atoms with van der Waals surface area (Å²) in [4.78, 5) is 6.75. The van der Waals surface area contributed by atoms with E-state index >= 15 is 0 Å². The van der Waals surface area contributed by atoms with Gasteiger partial charge in [0, 0.05) is 18.5 Å². The minimum atomic E-state index is 0.182. The van der Waals surface area contributed by atoms with Crippen molar-refractivity contribution in [2.24, 2.45) is 0 Å². The lowest BCUT2D eigenvalue weighted by Crippen LogP contribution is -2.26. The second-order valence-corrected chi connectivity index (χ2v) is 5.87. The lowest BCUT2D eigenvalue weighted by atomic mass is 10.2. The van der Waals surface area contributed by atoms with Crippen LogP contribution in [-0.2, 0) is 13.2 Å². The molecule has 1 N–H and O–H groups in total. The first kappa shape index (κ1) is 15.9. The molecule has 0 aliphatic rings. The number of aliphatic hydroxyl groups is 1. The Labute approximate surface area is 130 Å². The van der Waals surface area contributed by atoms with E-state index in [4.69, 9.17) is 9.84 Å². The Bertz CT molecular complexity index is 539. The number of benzene rings is 1. The first-order chi connectivity index (χ1) is 10.2. The van der Waals surface area contributed by atoms with Crippen LogP contribution in [0.15, 0.2) is 29.6 Å². The van der Waals surface area contributed by atoms with E-state index in [0.717, 1.165) is 29.5 Å². The summed E-state index contributed by atoms with van der Waals surface area (Å²) in [5.74, 6) is 0.868. The van der Waals surface area contributed by atoms with Crippen LogP contribution in [0, 0.1) is 6.92 Å². The molecule has 0 radical (unpaired) electrons. The molecule has 0 aliphatic heterocycles. The second-order valence-electron chi connectivity index (χ2n) is 4.93. The molecule has 1 aromatic carbocycles. The van der Waals surface area contributed by atoms with Crippen molar-refractivity contribution in [2.45, 2.75) is 27.0 Å². The summed E-state index contributed by atoms with van der Waals surface area (Å²) in [7, 11) is 0. The van der Waals surface area contributed by atoms with Crippen molar-refractivity contribution < 1.29 is 9.84 Å². The molecule has 1 aromatic heterocycles. The molecule has 0 atom stereocenters. The number of likely N-dealkylation sites (N-methyl/N-ethyl adjacent to an activating group) is 1. The van der Waals surface area contributed by atoms with Crippen molar-refractivity contribution in [1.29, 1.82) is 0 Å². The number of ether oxygens (including phenoxy) is 1. The highest BCUT2D eigenvalue weighted by Crippen LogP contribution is 2.16. The number of hydrogen-bond acceptors (Lipinski definition) is 5. The highest BCUT2D eigenvalue weighted by atomic mass is 32.1. The van der Waals surface area contributed by atoms with Gasteiger partial charge in [0.2, 0.25) is 0 Å². The Hall–Kier alpha value is -1.43. The van der Waals surface area contributed by atoms with Crippen LogP contribution in [-0.4, -0.2) is 34.7 Å². The van der Waals surface area contributed by atoms with Gasteiger partial charge in [0.25, 0.3) is 0 Å². The van der Waals surface area contributed by atoms with Crippen LogP contribution in [0.4, 0.5) is 0 Å². The minimum Gasteiger partial charge on any atom is -0.486 e. The van der Waals surface area contributed by atoms with Gasteiger partial charge >= 0.3 is 0 Å². The van der Waals surface area contributed by atoms with E-state index in [-0.39, 0.29) is 6.61 Å². The maximum absolute atomic E-state index is 9.00. The molecule has 0 saturated carbocycles. The molecule has 2 rings (SSSR count). The Kier molecular flexibility index (Phi) is 6.17. The molecule has 0 aliphatic carbocycles. The third-order valence-electron chi connectivity index (χ3n) is 3.23. The zero-order valence-electron chi connectivity index (χ0n) is 12.6. The van der Waals surface area contributed by atoms with Crippen molar-refractivity contribution >= 4 is 11.3 Å². The first-order valence-corrected chi connectivity index (χ1v) is 8.05. The molecule has 4 nitrogen and oxygen atoms in total. The standard InChI is InChI=1S/C16H22N2O2S/c1-3-18(8-9-19)10-14-12-21-16(17-14)11-20-15-6-4-13(2)5-7-15/h4-7,12,19H,3,8-11H2,1-2H3. The summed E-state index contributed by atoms with van der Waals surface area (Å²) >= 11 is 1.62.